The monoisotopic (exact) mass is 232 g/mol. The largest absolute Gasteiger partial charge is 0.308 e. The quantitative estimate of drug-likeness (QED) is 0.492. The number of hydrogen-bond acceptors (Lipinski definition) is 2. The van der Waals surface area contributed by atoms with Gasteiger partial charge in [0.25, 0.3) is 0 Å². The number of likely N-dealkylation sites (tertiary alicyclic amines) is 1. The van der Waals surface area contributed by atoms with E-state index in [4.69, 9.17) is 11.6 Å². The van der Waals surface area contributed by atoms with Crippen molar-refractivity contribution >= 4 is 11.6 Å². The van der Waals surface area contributed by atoms with E-state index in [0.29, 0.717) is 0 Å². The van der Waals surface area contributed by atoms with Crippen molar-refractivity contribution in [1.29, 1.82) is 0 Å². The molecular formula is C12H25ClN2. The van der Waals surface area contributed by atoms with Gasteiger partial charge in [0.2, 0.25) is 0 Å². The summed E-state index contributed by atoms with van der Waals surface area (Å²) in [4.78, 5) is 4.97. The fraction of sp³-hybridized carbons (Fsp3) is 1.00. The van der Waals surface area contributed by atoms with Crippen LogP contribution in [0.3, 0.4) is 0 Å². The summed E-state index contributed by atoms with van der Waals surface area (Å²) in [5.41, 5.74) is 0. The minimum Gasteiger partial charge on any atom is -0.308 e. The highest BCUT2D eigenvalue weighted by Crippen LogP contribution is 2.18. The maximum absolute atomic E-state index is 5.67. The van der Waals surface area contributed by atoms with Gasteiger partial charge in [-0.25, -0.2) is 0 Å². The smallest absolute Gasteiger partial charge is 0.0223 e. The standard InChI is InChI=1S/C12H25ClN2/c1-14(2)11-12-7-6-10-15(12)9-5-3-4-8-13/h12H,3-11H2,1-2H3. The fourth-order valence-corrected chi connectivity index (χ4v) is 2.59. The van der Waals surface area contributed by atoms with Crippen molar-refractivity contribution in [3.05, 3.63) is 0 Å². The minimum atomic E-state index is 0.802. The Bertz CT molecular complexity index is 162. The van der Waals surface area contributed by atoms with E-state index in [0.717, 1.165) is 11.9 Å². The van der Waals surface area contributed by atoms with Crippen LogP contribution in [0.4, 0.5) is 0 Å². The van der Waals surface area contributed by atoms with Crippen LogP contribution in [0.5, 0.6) is 0 Å². The summed E-state index contributed by atoms with van der Waals surface area (Å²) in [5.74, 6) is 0.821. The van der Waals surface area contributed by atoms with E-state index in [9.17, 15) is 0 Å². The molecule has 1 unspecified atom stereocenters. The van der Waals surface area contributed by atoms with Crippen molar-refractivity contribution in [1.82, 2.24) is 9.80 Å². The molecular weight excluding hydrogens is 208 g/mol. The number of likely N-dealkylation sites (N-methyl/N-ethyl adjacent to an activating group) is 1. The van der Waals surface area contributed by atoms with Gasteiger partial charge in [-0.1, -0.05) is 6.42 Å². The van der Waals surface area contributed by atoms with Gasteiger partial charge in [0.1, 0.15) is 0 Å². The van der Waals surface area contributed by atoms with Crippen molar-refractivity contribution in [2.45, 2.75) is 38.1 Å². The summed E-state index contributed by atoms with van der Waals surface area (Å²) in [6.45, 7) is 3.80. The molecule has 3 heteroatoms. The van der Waals surface area contributed by atoms with E-state index in [1.165, 1.54) is 51.7 Å². The van der Waals surface area contributed by atoms with Crippen molar-refractivity contribution in [2.24, 2.45) is 0 Å². The zero-order valence-corrected chi connectivity index (χ0v) is 11.0. The number of halogens is 1. The molecule has 2 nitrogen and oxygen atoms in total. The third kappa shape index (κ3) is 5.19. The van der Waals surface area contributed by atoms with E-state index in [1.807, 2.05) is 0 Å². The molecule has 0 bridgehead atoms. The molecule has 0 aromatic carbocycles. The normalized spacial score (nSPS) is 22.8. The van der Waals surface area contributed by atoms with Crippen LogP contribution in [0.15, 0.2) is 0 Å². The Morgan fingerprint density at radius 3 is 2.73 bits per heavy atom. The minimum absolute atomic E-state index is 0.802. The first-order chi connectivity index (χ1) is 7.24. The maximum atomic E-state index is 5.67. The lowest BCUT2D eigenvalue weighted by atomic mass is 10.2. The van der Waals surface area contributed by atoms with E-state index in [1.54, 1.807) is 0 Å². The molecule has 1 saturated heterocycles. The molecule has 90 valence electrons. The summed E-state index contributed by atoms with van der Waals surface area (Å²) in [6, 6.07) is 0.802. The lowest BCUT2D eigenvalue weighted by Crippen LogP contribution is -2.38. The Hall–Kier alpha value is 0.210. The average molecular weight is 233 g/mol. The molecule has 1 rings (SSSR count). The van der Waals surface area contributed by atoms with E-state index < -0.39 is 0 Å². The first-order valence-corrected chi connectivity index (χ1v) is 6.72. The summed E-state index contributed by atoms with van der Waals surface area (Å²) >= 11 is 5.67. The molecule has 0 amide bonds. The number of alkyl halides is 1. The second-order valence-corrected chi connectivity index (χ2v) is 5.22. The van der Waals surface area contributed by atoms with Crippen molar-refractivity contribution in [2.75, 3.05) is 39.6 Å². The van der Waals surface area contributed by atoms with E-state index in [-0.39, 0.29) is 0 Å². The van der Waals surface area contributed by atoms with Gasteiger partial charge >= 0.3 is 0 Å². The van der Waals surface area contributed by atoms with Crippen LogP contribution in [0, 0.1) is 0 Å². The van der Waals surface area contributed by atoms with Gasteiger partial charge < -0.3 is 4.90 Å². The van der Waals surface area contributed by atoms with Gasteiger partial charge in [-0.3, -0.25) is 4.90 Å². The molecule has 15 heavy (non-hydrogen) atoms. The SMILES string of the molecule is CN(C)CC1CCCN1CCCCCCl. The van der Waals surface area contributed by atoms with Crippen LogP contribution < -0.4 is 0 Å². The summed E-state index contributed by atoms with van der Waals surface area (Å²) < 4.78 is 0. The van der Waals surface area contributed by atoms with Crippen LogP contribution in [0.1, 0.15) is 32.1 Å². The van der Waals surface area contributed by atoms with Crippen LogP contribution >= 0.6 is 11.6 Å². The van der Waals surface area contributed by atoms with Crippen molar-refractivity contribution in [3.8, 4) is 0 Å². The summed E-state index contributed by atoms with van der Waals surface area (Å²) in [7, 11) is 4.34. The lowest BCUT2D eigenvalue weighted by molar-refractivity contribution is 0.205. The van der Waals surface area contributed by atoms with Gasteiger partial charge in [-0.05, 0) is 52.9 Å². The second-order valence-electron chi connectivity index (χ2n) is 4.84. The first kappa shape index (κ1) is 13.3. The Labute approximate surface area is 99.6 Å². The highest BCUT2D eigenvalue weighted by molar-refractivity contribution is 6.17. The van der Waals surface area contributed by atoms with E-state index >= 15 is 0 Å². The van der Waals surface area contributed by atoms with Gasteiger partial charge in [-0.2, -0.15) is 0 Å². The molecule has 0 saturated carbocycles. The van der Waals surface area contributed by atoms with Crippen LogP contribution in [-0.2, 0) is 0 Å². The molecule has 0 aromatic rings. The third-order valence-corrected chi connectivity index (χ3v) is 3.42. The van der Waals surface area contributed by atoms with Crippen molar-refractivity contribution < 1.29 is 0 Å². The Morgan fingerprint density at radius 1 is 1.27 bits per heavy atom. The number of nitrogens with zero attached hydrogens (tertiary/aromatic N) is 2. The zero-order chi connectivity index (χ0) is 11.1. The average Bonchev–Trinajstić information content (AvgIpc) is 2.59. The van der Waals surface area contributed by atoms with Crippen molar-refractivity contribution in [3.63, 3.8) is 0 Å². The molecule has 0 N–H and O–H groups in total. The molecule has 1 aliphatic rings. The molecule has 0 aliphatic carbocycles. The first-order valence-electron chi connectivity index (χ1n) is 6.19. The molecule has 1 fully saturated rings. The Kier molecular flexibility index (Phi) is 6.62. The topological polar surface area (TPSA) is 6.48 Å². The Morgan fingerprint density at radius 2 is 2.07 bits per heavy atom. The van der Waals surface area contributed by atoms with Gasteiger partial charge in [0.15, 0.2) is 0 Å². The molecule has 0 aromatic heterocycles. The third-order valence-electron chi connectivity index (χ3n) is 3.15. The van der Waals surface area contributed by atoms with E-state index in [2.05, 4.69) is 23.9 Å². The fourth-order valence-electron chi connectivity index (χ4n) is 2.40. The van der Waals surface area contributed by atoms with Crippen LogP contribution in [0.25, 0.3) is 0 Å². The molecule has 0 spiro atoms. The zero-order valence-electron chi connectivity index (χ0n) is 10.2. The van der Waals surface area contributed by atoms with Gasteiger partial charge in [0, 0.05) is 18.5 Å². The number of unbranched alkanes of at least 4 members (excludes halogenated alkanes) is 2. The van der Waals surface area contributed by atoms with Crippen LogP contribution in [0.2, 0.25) is 0 Å². The predicted octanol–water partition coefficient (Wildman–Crippen LogP) is 2.42. The van der Waals surface area contributed by atoms with Crippen LogP contribution in [-0.4, -0.2) is 55.5 Å². The highest BCUT2D eigenvalue weighted by atomic mass is 35.5. The molecule has 1 heterocycles. The lowest BCUT2D eigenvalue weighted by Gasteiger charge is -2.26. The molecule has 0 radical (unpaired) electrons. The predicted molar refractivity (Wildman–Crippen MR) is 67.7 cm³/mol. The Balaban J connectivity index is 2.15. The number of hydrogen-bond donors (Lipinski definition) is 0. The summed E-state index contributed by atoms with van der Waals surface area (Å²) in [5, 5.41) is 0. The maximum Gasteiger partial charge on any atom is 0.0223 e. The molecule has 1 aliphatic heterocycles. The van der Waals surface area contributed by atoms with Gasteiger partial charge in [0.05, 0.1) is 0 Å². The summed E-state index contributed by atoms with van der Waals surface area (Å²) in [6.07, 6.45) is 6.54. The second kappa shape index (κ2) is 7.48. The van der Waals surface area contributed by atoms with Gasteiger partial charge in [-0.15, -0.1) is 11.6 Å². The highest BCUT2D eigenvalue weighted by Gasteiger charge is 2.23. The number of rotatable bonds is 7. The molecule has 1 atom stereocenters.